The van der Waals surface area contributed by atoms with Crippen molar-refractivity contribution in [3.63, 3.8) is 0 Å². The standard InChI is InChI=1S/C23H24N4O3/c1-14-8-10-24-20(12-14)26-22(28)15(2)30-23(29)21-16-6-4-5-7-18(16)25-19-9-11-27(3)13-17(19)21/h4-8,10,12,15H,9,11,13H2,1-3H3,(H,24,26,28). The summed E-state index contributed by atoms with van der Waals surface area (Å²) in [6, 6.07) is 11.1. The third-order valence-electron chi connectivity index (χ3n) is 5.26. The highest BCUT2D eigenvalue weighted by molar-refractivity contribution is 6.06. The van der Waals surface area contributed by atoms with Crippen LogP contribution < -0.4 is 5.32 Å². The minimum Gasteiger partial charge on any atom is -0.449 e. The summed E-state index contributed by atoms with van der Waals surface area (Å²) in [5, 5.41) is 3.44. The molecule has 1 amide bonds. The summed E-state index contributed by atoms with van der Waals surface area (Å²) in [4.78, 5) is 36.8. The molecule has 0 saturated carbocycles. The normalized spacial score (nSPS) is 14.8. The van der Waals surface area contributed by atoms with Gasteiger partial charge in [-0.25, -0.2) is 9.78 Å². The van der Waals surface area contributed by atoms with Crippen LogP contribution in [-0.2, 0) is 22.5 Å². The first-order valence-electron chi connectivity index (χ1n) is 9.96. The number of pyridine rings is 2. The van der Waals surface area contributed by atoms with Crippen molar-refractivity contribution in [2.45, 2.75) is 32.9 Å². The van der Waals surface area contributed by atoms with Crippen LogP contribution in [0.5, 0.6) is 0 Å². The van der Waals surface area contributed by atoms with Crippen LogP contribution >= 0.6 is 0 Å². The van der Waals surface area contributed by atoms with Gasteiger partial charge in [-0.05, 0) is 44.7 Å². The average molecular weight is 404 g/mol. The molecule has 3 heterocycles. The average Bonchev–Trinajstić information content (AvgIpc) is 2.72. The highest BCUT2D eigenvalue weighted by Crippen LogP contribution is 2.28. The largest absolute Gasteiger partial charge is 0.449 e. The van der Waals surface area contributed by atoms with Gasteiger partial charge in [0.15, 0.2) is 6.10 Å². The van der Waals surface area contributed by atoms with Gasteiger partial charge in [-0.3, -0.25) is 9.78 Å². The fourth-order valence-electron chi connectivity index (χ4n) is 3.66. The zero-order valence-corrected chi connectivity index (χ0v) is 17.3. The summed E-state index contributed by atoms with van der Waals surface area (Å²) in [6.45, 7) is 4.97. The first-order valence-corrected chi connectivity index (χ1v) is 9.96. The van der Waals surface area contributed by atoms with Crippen molar-refractivity contribution in [3.8, 4) is 0 Å². The molecule has 2 aromatic heterocycles. The molecular formula is C23H24N4O3. The van der Waals surface area contributed by atoms with Crippen LogP contribution in [0.15, 0.2) is 42.6 Å². The van der Waals surface area contributed by atoms with E-state index in [4.69, 9.17) is 9.72 Å². The van der Waals surface area contributed by atoms with Gasteiger partial charge >= 0.3 is 5.97 Å². The van der Waals surface area contributed by atoms with E-state index in [1.807, 2.05) is 44.3 Å². The van der Waals surface area contributed by atoms with Gasteiger partial charge in [-0.1, -0.05) is 18.2 Å². The van der Waals surface area contributed by atoms with E-state index in [2.05, 4.69) is 15.2 Å². The zero-order valence-electron chi connectivity index (χ0n) is 17.3. The molecule has 154 valence electrons. The number of likely N-dealkylation sites (N-methyl/N-ethyl adjacent to an activating group) is 1. The Kier molecular flexibility index (Phi) is 5.46. The molecule has 1 N–H and O–H groups in total. The predicted molar refractivity (Wildman–Crippen MR) is 114 cm³/mol. The molecule has 3 aromatic rings. The summed E-state index contributed by atoms with van der Waals surface area (Å²) in [5.41, 5.74) is 4.02. The van der Waals surface area contributed by atoms with Crippen molar-refractivity contribution in [3.05, 3.63) is 65.0 Å². The fourth-order valence-corrected chi connectivity index (χ4v) is 3.66. The van der Waals surface area contributed by atoms with Crippen LogP contribution in [0.2, 0.25) is 0 Å². The molecule has 0 aliphatic carbocycles. The van der Waals surface area contributed by atoms with Gasteiger partial charge in [0.2, 0.25) is 0 Å². The van der Waals surface area contributed by atoms with Crippen molar-refractivity contribution in [2.75, 3.05) is 18.9 Å². The smallest absolute Gasteiger partial charge is 0.339 e. The number of ether oxygens (including phenoxy) is 1. The number of benzene rings is 1. The van der Waals surface area contributed by atoms with E-state index in [0.717, 1.165) is 40.7 Å². The number of esters is 1. The number of fused-ring (bicyclic) bond motifs is 2. The molecule has 1 aliphatic heterocycles. The lowest BCUT2D eigenvalue weighted by atomic mass is 9.96. The van der Waals surface area contributed by atoms with E-state index in [1.165, 1.54) is 0 Å². The molecule has 0 fully saturated rings. The highest BCUT2D eigenvalue weighted by Gasteiger charge is 2.27. The molecule has 1 aliphatic rings. The number of anilines is 1. The van der Waals surface area contributed by atoms with E-state index in [9.17, 15) is 9.59 Å². The summed E-state index contributed by atoms with van der Waals surface area (Å²) in [5.74, 6) is -0.512. The van der Waals surface area contributed by atoms with Gasteiger partial charge in [0.1, 0.15) is 5.82 Å². The summed E-state index contributed by atoms with van der Waals surface area (Å²) < 4.78 is 5.59. The maximum absolute atomic E-state index is 13.2. The molecule has 4 rings (SSSR count). The van der Waals surface area contributed by atoms with Crippen molar-refractivity contribution in [2.24, 2.45) is 0 Å². The molecule has 1 atom stereocenters. The summed E-state index contributed by atoms with van der Waals surface area (Å²) >= 11 is 0. The van der Waals surface area contributed by atoms with E-state index in [1.54, 1.807) is 19.2 Å². The summed E-state index contributed by atoms with van der Waals surface area (Å²) in [7, 11) is 2.01. The van der Waals surface area contributed by atoms with Crippen LogP contribution in [-0.4, -0.2) is 46.4 Å². The molecule has 1 unspecified atom stereocenters. The highest BCUT2D eigenvalue weighted by atomic mass is 16.5. The number of nitrogens with one attached hydrogen (secondary N) is 1. The maximum Gasteiger partial charge on any atom is 0.339 e. The fraction of sp³-hybridized carbons (Fsp3) is 0.304. The number of amides is 1. The number of para-hydroxylation sites is 1. The maximum atomic E-state index is 13.2. The monoisotopic (exact) mass is 404 g/mol. The van der Waals surface area contributed by atoms with E-state index in [0.29, 0.717) is 17.9 Å². The van der Waals surface area contributed by atoms with Crippen LogP contribution in [0, 0.1) is 6.92 Å². The second-order valence-electron chi connectivity index (χ2n) is 7.67. The van der Waals surface area contributed by atoms with Crippen molar-refractivity contribution in [1.29, 1.82) is 0 Å². The molecule has 0 bridgehead atoms. The molecule has 7 nitrogen and oxygen atoms in total. The van der Waals surface area contributed by atoms with Gasteiger partial charge in [-0.15, -0.1) is 0 Å². The predicted octanol–water partition coefficient (Wildman–Crippen LogP) is 3.11. The number of aromatic nitrogens is 2. The SMILES string of the molecule is Cc1ccnc(NC(=O)C(C)OC(=O)c2c3c(nc4ccccc24)CCN(C)C3)c1. The molecule has 1 aromatic carbocycles. The van der Waals surface area contributed by atoms with Gasteiger partial charge < -0.3 is 15.0 Å². The zero-order chi connectivity index (χ0) is 21.3. The lowest BCUT2D eigenvalue weighted by Gasteiger charge is -2.27. The van der Waals surface area contributed by atoms with Crippen molar-refractivity contribution < 1.29 is 14.3 Å². The van der Waals surface area contributed by atoms with Crippen LogP contribution in [0.25, 0.3) is 10.9 Å². The Labute approximate surface area is 175 Å². The molecule has 30 heavy (non-hydrogen) atoms. The van der Waals surface area contributed by atoms with Crippen LogP contribution in [0.1, 0.15) is 34.1 Å². The van der Waals surface area contributed by atoms with Gasteiger partial charge in [0, 0.05) is 42.4 Å². The molecule has 0 spiro atoms. The Morgan fingerprint density at radius 1 is 1.23 bits per heavy atom. The number of nitrogens with zero attached hydrogens (tertiary/aromatic N) is 3. The number of hydrogen-bond donors (Lipinski definition) is 1. The number of carbonyl (C=O) groups is 2. The van der Waals surface area contributed by atoms with Gasteiger partial charge in [0.05, 0.1) is 11.1 Å². The Balaban J connectivity index is 1.61. The second kappa shape index (κ2) is 8.20. The van der Waals surface area contributed by atoms with Crippen molar-refractivity contribution >= 4 is 28.6 Å². The first-order chi connectivity index (χ1) is 14.4. The lowest BCUT2D eigenvalue weighted by Crippen LogP contribution is -2.32. The third-order valence-corrected chi connectivity index (χ3v) is 5.26. The van der Waals surface area contributed by atoms with Gasteiger partial charge in [0.25, 0.3) is 5.91 Å². The van der Waals surface area contributed by atoms with Gasteiger partial charge in [-0.2, -0.15) is 0 Å². The molecule has 7 heteroatoms. The van der Waals surface area contributed by atoms with Crippen LogP contribution in [0.3, 0.4) is 0 Å². The minimum absolute atomic E-state index is 0.425. The first kappa shape index (κ1) is 20.0. The number of carbonyl (C=O) groups excluding carboxylic acids is 2. The van der Waals surface area contributed by atoms with Crippen LogP contribution in [0.4, 0.5) is 5.82 Å². The summed E-state index contributed by atoms with van der Waals surface area (Å²) in [6.07, 6.45) is 1.42. The lowest BCUT2D eigenvalue weighted by molar-refractivity contribution is -0.123. The third kappa shape index (κ3) is 4.02. The Morgan fingerprint density at radius 2 is 2.03 bits per heavy atom. The molecule has 0 saturated heterocycles. The quantitative estimate of drug-likeness (QED) is 0.673. The minimum atomic E-state index is -0.969. The van der Waals surface area contributed by atoms with E-state index >= 15 is 0 Å². The Hall–Kier alpha value is -3.32. The number of hydrogen-bond acceptors (Lipinski definition) is 6. The Bertz CT molecular complexity index is 1130. The molecular weight excluding hydrogens is 380 g/mol. The topological polar surface area (TPSA) is 84.4 Å². The number of rotatable bonds is 4. The second-order valence-corrected chi connectivity index (χ2v) is 7.67. The van der Waals surface area contributed by atoms with Crippen molar-refractivity contribution in [1.82, 2.24) is 14.9 Å². The van der Waals surface area contributed by atoms with E-state index in [-0.39, 0.29) is 0 Å². The van der Waals surface area contributed by atoms with E-state index < -0.39 is 18.0 Å². The molecule has 0 radical (unpaired) electrons. The Morgan fingerprint density at radius 3 is 2.83 bits per heavy atom. The number of aryl methyl sites for hydroxylation is 1.